The van der Waals surface area contributed by atoms with Crippen LogP contribution in [0.5, 0.6) is 0 Å². The Kier molecular flexibility index (Phi) is 19.3. The topological polar surface area (TPSA) is 0 Å². The first-order valence-corrected chi connectivity index (χ1v) is 6.64. The summed E-state index contributed by atoms with van der Waals surface area (Å²) < 4.78 is 72.0. The van der Waals surface area contributed by atoms with E-state index >= 15 is 0 Å². The van der Waals surface area contributed by atoms with Gasteiger partial charge in [-0.1, -0.05) is 12.8 Å². The maximum Gasteiger partial charge on any atom is 4.00 e. The summed E-state index contributed by atoms with van der Waals surface area (Å²) in [6.07, 6.45) is 5.42. The average Bonchev–Trinajstić information content (AvgIpc) is 3.17. The first-order chi connectivity index (χ1) is 10.6. The Bertz CT molecular complexity index is 469. The van der Waals surface area contributed by atoms with Crippen LogP contribution in [0.1, 0.15) is 12.8 Å². The molecule has 0 aromatic carbocycles. The van der Waals surface area contributed by atoms with Crippen LogP contribution < -0.4 is 24.8 Å². The minimum absolute atomic E-state index is 0. The van der Waals surface area contributed by atoms with E-state index in [1.807, 2.05) is 0 Å². The zero-order valence-corrected chi connectivity index (χ0v) is 17.2. The van der Waals surface area contributed by atoms with Crippen LogP contribution in [0, 0.1) is 12.2 Å². The molecule has 0 aromatic rings. The summed E-state index contributed by atoms with van der Waals surface area (Å²) >= 11 is 0. The van der Waals surface area contributed by atoms with Crippen molar-refractivity contribution in [2.75, 3.05) is 40.0 Å². The standard InChI is InChI=1S/2C8H8F3.2ClH.Zr/c2*9-3-6-1-7(4-10)8(2-6)5-11;;;/h2*1,3-5H2;2*1H;/q2*-1;;;+4/p-2. The summed E-state index contributed by atoms with van der Waals surface area (Å²) in [7, 11) is 0. The summed E-state index contributed by atoms with van der Waals surface area (Å²) in [6, 6.07) is 0. The zero-order chi connectivity index (χ0) is 16.5. The zero-order valence-electron chi connectivity index (χ0n) is 13.2. The van der Waals surface area contributed by atoms with Gasteiger partial charge in [-0.25, -0.2) is 29.7 Å². The van der Waals surface area contributed by atoms with Crippen LogP contribution in [-0.2, 0) is 26.2 Å². The number of rotatable bonds is 6. The molecule has 25 heavy (non-hydrogen) atoms. The summed E-state index contributed by atoms with van der Waals surface area (Å²) in [4.78, 5) is 0. The number of allylic oxidation sites excluding steroid dienone is 8. The third-order valence-electron chi connectivity index (χ3n) is 3.27. The van der Waals surface area contributed by atoms with Gasteiger partial charge in [-0.05, 0) is 0 Å². The van der Waals surface area contributed by atoms with Gasteiger partial charge in [-0.2, -0.15) is 22.3 Å². The minimum atomic E-state index is -0.747. The summed E-state index contributed by atoms with van der Waals surface area (Å²) in [5.74, 6) is 0. The first kappa shape index (κ1) is 29.8. The molecule has 0 aromatic heterocycles. The Morgan fingerprint density at radius 3 is 1.04 bits per heavy atom. The van der Waals surface area contributed by atoms with E-state index in [4.69, 9.17) is 0 Å². The minimum Gasteiger partial charge on any atom is -1.00 e. The second-order valence-electron chi connectivity index (χ2n) is 4.78. The van der Waals surface area contributed by atoms with Gasteiger partial charge < -0.3 is 24.8 Å². The second kappa shape index (κ2) is 16.2. The molecule has 0 nitrogen and oxygen atoms in total. The molecule has 0 heterocycles. The fourth-order valence-corrected chi connectivity index (χ4v) is 2.09. The predicted molar refractivity (Wildman–Crippen MR) is 72.6 cm³/mol. The molecule has 140 valence electrons. The Balaban J connectivity index is -0.000000346. The molecule has 0 radical (unpaired) electrons. The maximum absolute atomic E-state index is 12.0. The Morgan fingerprint density at radius 2 is 0.880 bits per heavy atom. The molecular formula is C16H16Cl2F6Zr. The smallest absolute Gasteiger partial charge is 1.00 e. The van der Waals surface area contributed by atoms with E-state index in [-0.39, 0.29) is 75.0 Å². The van der Waals surface area contributed by atoms with Crippen molar-refractivity contribution < 1.29 is 77.4 Å². The van der Waals surface area contributed by atoms with E-state index in [1.54, 1.807) is 0 Å². The summed E-state index contributed by atoms with van der Waals surface area (Å²) in [6.45, 7) is -4.21. The molecule has 0 atom stereocenters. The summed E-state index contributed by atoms with van der Waals surface area (Å²) in [5, 5.41) is 0. The molecule has 0 saturated carbocycles. The number of halogens is 8. The van der Waals surface area contributed by atoms with Crippen LogP contribution >= 0.6 is 0 Å². The second-order valence-corrected chi connectivity index (χ2v) is 4.78. The molecule has 2 aliphatic rings. The van der Waals surface area contributed by atoms with Crippen LogP contribution in [0.25, 0.3) is 0 Å². The molecule has 2 rings (SSSR count). The van der Waals surface area contributed by atoms with Gasteiger partial charge >= 0.3 is 26.2 Å². The maximum atomic E-state index is 12.0. The van der Waals surface area contributed by atoms with E-state index in [1.165, 1.54) is 0 Å². The third-order valence-corrected chi connectivity index (χ3v) is 3.27. The fraction of sp³-hybridized carbons (Fsp3) is 0.500. The number of hydrogen-bond acceptors (Lipinski definition) is 0. The Hall–Kier alpha value is 0.00312. The Morgan fingerprint density at radius 1 is 0.560 bits per heavy atom. The van der Waals surface area contributed by atoms with E-state index in [9.17, 15) is 26.3 Å². The number of hydrogen-bond donors (Lipinski definition) is 0. The first-order valence-electron chi connectivity index (χ1n) is 6.64. The van der Waals surface area contributed by atoms with Gasteiger partial charge in [0, 0.05) is 13.3 Å². The molecule has 2 aliphatic carbocycles. The van der Waals surface area contributed by atoms with Crippen molar-refractivity contribution in [3.8, 4) is 0 Å². The van der Waals surface area contributed by atoms with Crippen LogP contribution in [-0.4, -0.2) is 40.0 Å². The Labute approximate surface area is 175 Å². The molecular weight excluding hydrogens is 468 g/mol. The van der Waals surface area contributed by atoms with Crippen molar-refractivity contribution in [3.05, 3.63) is 45.6 Å². The molecule has 0 fully saturated rings. The van der Waals surface area contributed by atoms with Gasteiger partial charge in [0.25, 0.3) is 0 Å². The van der Waals surface area contributed by atoms with Crippen molar-refractivity contribution in [2.45, 2.75) is 12.8 Å². The molecule has 0 saturated heterocycles. The molecule has 0 N–H and O–H groups in total. The van der Waals surface area contributed by atoms with Crippen molar-refractivity contribution in [1.82, 2.24) is 0 Å². The molecule has 0 amide bonds. The largest absolute Gasteiger partial charge is 4.00 e. The van der Waals surface area contributed by atoms with E-state index in [0.29, 0.717) is 22.3 Å². The molecule has 0 aliphatic heterocycles. The monoisotopic (exact) mass is 482 g/mol. The van der Waals surface area contributed by atoms with Crippen LogP contribution in [0.15, 0.2) is 33.4 Å². The molecule has 0 bridgehead atoms. The van der Waals surface area contributed by atoms with Crippen LogP contribution in [0.4, 0.5) is 26.3 Å². The molecule has 0 spiro atoms. The average molecular weight is 484 g/mol. The van der Waals surface area contributed by atoms with Crippen molar-refractivity contribution in [1.29, 1.82) is 0 Å². The van der Waals surface area contributed by atoms with Crippen molar-refractivity contribution in [2.24, 2.45) is 0 Å². The third kappa shape index (κ3) is 8.97. The van der Waals surface area contributed by atoms with E-state index in [2.05, 4.69) is 12.2 Å². The molecule has 0 unspecified atom stereocenters. The molecule has 9 heteroatoms. The number of alkyl halides is 6. The van der Waals surface area contributed by atoms with Gasteiger partial charge in [0.15, 0.2) is 0 Å². The van der Waals surface area contributed by atoms with Crippen LogP contribution in [0.3, 0.4) is 0 Å². The van der Waals surface area contributed by atoms with E-state index in [0.717, 1.165) is 0 Å². The fourth-order valence-electron chi connectivity index (χ4n) is 2.09. The van der Waals surface area contributed by atoms with Crippen molar-refractivity contribution >= 4 is 0 Å². The SMILES string of the molecule is FCC1=[C-]C(CF)=C(CF)C1.FCC1=[C-]C(CF)=C(CF)C1.[Cl-].[Cl-].[Zr+4]. The van der Waals surface area contributed by atoms with Gasteiger partial charge in [-0.3, -0.25) is 8.78 Å². The quantitative estimate of drug-likeness (QED) is 0.324. The van der Waals surface area contributed by atoms with Gasteiger partial charge in [0.1, 0.15) is 0 Å². The van der Waals surface area contributed by atoms with Gasteiger partial charge in [-0.15, -0.1) is 11.1 Å². The van der Waals surface area contributed by atoms with E-state index < -0.39 is 40.0 Å². The van der Waals surface area contributed by atoms with Gasteiger partial charge in [0.05, 0.1) is 26.7 Å². The van der Waals surface area contributed by atoms with Crippen LogP contribution in [0.2, 0.25) is 0 Å². The van der Waals surface area contributed by atoms with Crippen molar-refractivity contribution in [3.63, 3.8) is 0 Å². The normalized spacial score (nSPS) is 15.4. The predicted octanol–water partition coefficient (Wildman–Crippen LogP) is -1.34. The summed E-state index contributed by atoms with van der Waals surface area (Å²) in [5.41, 5.74) is 1.76. The van der Waals surface area contributed by atoms with Gasteiger partial charge in [0.2, 0.25) is 0 Å².